The van der Waals surface area contributed by atoms with Crippen LogP contribution >= 0.6 is 0 Å². The van der Waals surface area contributed by atoms with Crippen LogP contribution in [0, 0.1) is 5.82 Å². The summed E-state index contributed by atoms with van der Waals surface area (Å²) in [5, 5.41) is 12.9. The Morgan fingerprint density at radius 1 is 1.39 bits per heavy atom. The molecule has 0 unspecified atom stereocenters. The number of nitrogens with zero attached hydrogens (tertiary/aromatic N) is 2. The van der Waals surface area contributed by atoms with Gasteiger partial charge in [-0.05, 0) is 37.5 Å². The van der Waals surface area contributed by atoms with Crippen molar-refractivity contribution in [2.75, 3.05) is 0 Å². The molecule has 18 heavy (non-hydrogen) atoms. The molecule has 3 N–H and O–H groups in total. The number of phenolic OH excluding ortho intramolecular Hbond substituents is 1. The van der Waals surface area contributed by atoms with Crippen LogP contribution in [0.2, 0.25) is 0 Å². The summed E-state index contributed by atoms with van der Waals surface area (Å²) >= 11 is 0. The van der Waals surface area contributed by atoms with Gasteiger partial charge in [-0.15, -0.1) is 0 Å². The average molecular weight is 249 g/mol. The molecule has 94 valence electrons. The highest BCUT2D eigenvalue weighted by Crippen LogP contribution is 2.38. The van der Waals surface area contributed by atoms with Crippen LogP contribution in [0.3, 0.4) is 0 Å². The summed E-state index contributed by atoms with van der Waals surface area (Å²) in [5.41, 5.74) is 5.98. The Morgan fingerprint density at radius 3 is 2.78 bits per heavy atom. The SMILES string of the molecule is NC1(c2nc(-c3ccc(O)c(F)c3)no2)CCC1. The molecule has 1 heterocycles. The van der Waals surface area contributed by atoms with Gasteiger partial charge in [0.1, 0.15) is 0 Å². The van der Waals surface area contributed by atoms with Gasteiger partial charge in [0, 0.05) is 5.56 Å². The maximum absolute atomic E-state index is 13.2. The van der Waals surface area contributed by atoms with Gasteiger partial charge in [0.05, 0.1) is 5.54 Å². The summed E-state index contributed by atoms with van der Waals surface area (Å²) in [6.45, 7) is 0. The molecule has 0 spiro atoms. The van der Waals surface area contributed by atoms with Crippen LogP contribution in [0.4, 0.5) is 4.39 Å². The fourth-order valence-corrected chi connectivity index (χ4v) is 1.96. The molecule has 0 aliphatic heterocycles. The predicted molar refractivity (Wildman–Crippen MR) is 61.1 cm³/mol. The van der Waals surface area contributed by atoms with Crippen molar-refractivity contribution in [3.8, 4) is 17.1 Å². The van der Waals surface area contributed by atoms with E-state index < -0.39 is 17.1 Å². The van der Waals surface area contributed by atoms with Crippen molar-refractivity contribution in [1.82, 2.24) is 10.1 Å². The average Bonchev–Trinajstić information content (AvgIpc) is 2.79. The Morgan fingerprint density at radius 2 is 2.17 bits per heavy atom. The van der Waals surface area contributed by atoms with E-state index in [0.717, 1.165) is 25.3 Å². The molecule has 1 saturated carbocycles. The molecule has 0 amide bonds. The minimum absolute atomic E-state index is 0.278. The first-order valence-electron chi connectivity index (χ1n) is 5.70. The predicted octanol–water partition coefficient (Wildman–Crippen LogP) is 1.92. The standard InChI is InChI=1S/C12H12FN3O2/c13-8-6-7(2-3-9(8)17)10-15-11(18-16-10)12(14)4-1-5-12/h2-3,6,17H,1,4-5,14H2. The number of rotatable bonds is 2. The van der Waals surface area contributed by atoms with Gasteiger partial charge < -0.3 is 15.4 Å². The number of halogens is 1. The van der Waals surface area contributed by atoms with Crippen LogP contribution in [0.5, 0.6) is 5.75 Å². The Hall–Kier alpha value is -1.95. The van der Waals surface area contributed by atoms with Crippen LogP contribution in [0.15, 0.2) is 22.7 Å². The Labute approximate surface area is 102 Å². The summed E-state index contributed by atoms with van der Waals surface area (Å²) < 4.78 is 18.3. The molecule has 0 bridgehead atoms. The molecule has 6 heteroatoms. The van der Waals surface area contributed by atoms with E-state index in [2.05, 4.69) is 10.1 Å². The Kier molecular flexibility index (Phi) is 2.34. The number of phenols is 1. The molecular formula is C12H12FN3O2. The molecule has 1 aromatic carbocycles. The fraction of sp³-hybridized carbons (Fsp3) is 0.333. The zero-order valence-corrected chi connectivity index (χ0v) is 9.56. The van der Waals surface area contributed by atoms with E-state index in [1.807, 2.05) is 0 Å². The summed E-state index contributed by atoms with van der Waals surface area (Å²) in [7, 11) is 0. The fourth-order valence-electron chi connectivity index (χ4n) is 1.96. The summed E-state index contributed by atoms with van der Waals surface area (Å²) in [4.78, 5) is 4.19. The summed E-state index contributed by atoms with van der Waals surface area (Å²) in [5.74, 6) is -0.459. The van der Waals surface area contributed by atoms with Gasteiger partial charge >= 0.3 is 0 Å². The molecular weight excluding hydrogens is 237 g/mol. The lowest BCUT2D eigenvalue weighted by atomic mass is 9.78. The number of hydrogen-bond donors (Lipinski definition) is 2. The number of aromatic nitrogens is 2. The van der Waals surface area contributed by atoms with Crippen molar-refractivity contribution in [2.45, 2.75) is 24.8 Å². The Balaban J connectivity index is 1.95. The van der Waals surface area contributed by atoms with Gasteiger partial charge in [0.15, 0.2) is 11.6 Å². The monoisotopic (exact) mass is 249 g/mol. The van der Waals surface area contributed by atoms with Crippen molar-refractivity contribution in [2.24, 2.45) is 5.73 Å². The zero-order valence-electron chi connectivity index (χ0n) is 9.56. The van der Waals surface area contributed by atoms with E-state index >= 15 is 0 Å². The van der Waals surface area contributed by atoms with Gasteiger partial charge in [-0.3, -0.25) is 0 Å². The molecule has 3 rings (SSSR count). The minimum atomic E-state index is -0.718. The first-order valence-corrected chi connectivity index (χ1v) is 5.70. The van der Waals surface area contributed by atoms with Crippen molar-refractivity contribution in [3.05, 3.63) is 29.9 Å². The lowest BCUT2D eigenvalue weighted by Gasteiger charge is -2.33. The molecule has 0 saturated heterocycles. The third-order valence-electron chi connectivity index (χ3n) is 3.30. The molecule has 1 aliphatic carbocycles. The quantitative estimate of drug-likeness (QED) is 0.849. The number of aromatic hydroxyl groups is 1. The highest BCUT2D eigenvalue weighted by molar-refractivity contribution is 5.56. The minimum Gasteiger partial charge on any atom is -0.505 e. The van der Waals surface area contributed by atoms with Crippen LogP contribution < -0.4 is 5.73 Å². The number of hydrogen-bond acceptors (Lipinski definition) is 5. The van der Waals surface area contributed by atoms with E-state index in [0.29, 0.717) is 11.5 Å². The number of nitrogens with two attached hydrogens (primary N) is 1. The van der Waals surface area contributed by atoms with Gasteiger partial charge in [0.25, 0.3) is 0 Å². The molecule has 5 nitrogen and oxygen atoms in total. The van der Waals surface area contributed by atoms with E-state index in [-0.39, 0.29) is 5.82 Å². The summed E-state index contributed by atoms with van der Waals surface area (Å²) in [6.07, 6.45) is 2.68. The summed E-state index contributed by atoms with van der Waals surface area (Å²) in [6, 6.07) is 3.94. The largest absolute Gasteiger partial charge is 0.505 e. The smallest absolute Gasteiger partial charge is 0.247 e. The Bertz CT molecular complexity index is 593. The molecule has 2 aromatic rings. The lowest BCUT2D eigenvalue weighted by Crippen LogP contribution is -2.43. The second kappa shape index (κ2) is 3.78. The molecule has 0 atom stereocenters. The van der Waals surface area contributed by atoms with E-state index in [1.165, 1.54) is 12.1 Å². The third kappa shape index (κ3) is 1.65. The van der Waals surface area contributed by atoms with E-state index in [9.17, 15) is 4.39 Å². The third-order valence-corrected chi connectivity index (χ3v) is 3.30. The lowest BCUT2D eigenvalue weighted by molar-refractivity contribution is 0.181. The first kappa shape index (κ1) is 11.2. The normalized spacial score (nSPS) is 17.4. The van der Waals surface area contributed by atoms with Crippen LogP contribution in [0.1, 0.15) is 25.2 Å². The van der Waals surface area contributed by atoms with Crippen LogP contribution in [0.25, 0.3) is 11.4 Å². The highest BCUT2D eigenvalue weighted by atomic mass is 19.1. The maximum Gasteiger partial charge on any atom is 0.247 e. The highest BCUT2D eigenvalue weighted by Gasteiger charge is 2.39. The first-order chi connectivity index (χ1) is 8.58. The van der Waals surface area contributed by atoms with Crippen molar-refractivity contribution in [1.29, 1.82) is 0 Å². The second-order valence-electron chi connectivity index (χ2n) is 4.60. The van der Waals surface area contributed by atoms with E-state index in [4.69, 9.17) is 15.4 Å². The van der Waals surface area contributed by atoms with Crippen molar-refractivity contribution >= 4 is 0 Å². The molecule has 0 radical (unpaired) electrons. The molecule has 1 aliphatic rings. The zero-order chi connectivity index (χ0) is 12.8. The van der Waals surface area contributed by atoms with Crippen molar-refractivity contribution in [3.63, 3.8) is 0 Å². The molecule has 1 aromatic heterocycles. The molecule has 1 fully saturated rings. The van der Waals surface area contributed by atoms with Gasteiger partial charge in [-0.1, -0.05) is 5.16 Å². The van der Waals surface area contributed by atoms with Gasteiger partial charge in [-0.2, -0.15) is 4.98 Å². The van der Waals surface area contributed by atoms with Crippen molar-refractivity contribution < 1.29 is 14.0 Å². The van der Waals surface area contributed by atoms with Crippen LogP contribution in [-0.4, -0.2) is 15.2 Å². The van der Waals surface area contributed by atoms with Gasteiger partial charge in [-0.25, -0.2) is 4.39 Å². The maximum atomic E-state index is 13.2. The van der Waals surface area contributed by atoms with E-state index in [1.54, 1.807) is 0 Å². The topological polar surface area (TPSA) is 85.2 Å². The van der Waals surface area contributed by atoms with Gasteiger partial charge in [0.2, 0.25) is 11.7 Å². The second-order valence-corrected chi connectivity index (χ2v) is 4.60. The number of benzene rings is 1. The van der Waals surface area contributed by atoms with Crippen LogP contribution in [-0.2, 0) is 5.54 Å².